The number of esters is 1. The fourth-order valence-electron chi connectivity index (χ4n) is 1.92. The van der Waals surface area contributed by atoms with E-state index in [-0.39, 0.29) is 6.42 Å². The van der Waals surface area contributed by atoms with E-state index in [1.807, 2.05) is 25.4 Å². The molecule has 0 saturated heterocycles. The molecule has 0 fully saturated rings. The molecule has 8 nitrogen and oxygen atoms in total. The molecule has 1 rings (SSSR count). The van der Waals surface area contributed by atoms with E-state index < -0.39 is 24.0 Å². The fourth-order valence-corrected chi connectivity index (χ4v) is 2.38. The number of rotatable bonds is 6. The van der Waals surface area contributed by atoms with Gasteiger partial charge in [-0.15, -0.1) is 0 Å². The van der Waals surface area contributed by atoms with Crippen LogP contribution in [-0.2, 0) is 20.7 Å². The minimum atomic E-state index is -1.09. The highest BCUT2D eigenvalue weighted by molar-refractivity contribution is 7.98. The average molecular weight is 340 g/mol. The Morgan fingerprint density at radius 1 is 1.26 bits per heavy atom. The van der Waals surface area contributed by atoms with Gasteiger partial charge in [0.1, 0.15) is 0 Å². The van der Waals surface area contributed by atoms with Gasteiger partial charge in [0.2, 0.25) is 0 Å². The molecule has 0 bridgehead atoms. The molecule has 126 valence electrons. The predicted octanol–water partition coefficient (Wildman–Crippen LogP) is 0.875. The third-order valence-corrected chi connectivity index (χ3v) is 3.63. The summed E-state index contributed by atoms with van der Waals surface area (Å²) in [6, 6.07) is -0.991. The Bertz CT molecular complexity index is 598. The van der Waals surface area contributed by atoms with Crippen molar-refractivity contribution in [3.8, 4) is 0 Å². The van der Waals surface area contributed by atoms with Crippen molar-refractivity contribution in [3.63, 3.8) is 0 Å². The number of imide groups is 1. The topological polar surface area (TPSA) is 124 Å². The van der Waals surface area contributed by atoms with Gasteiger partial charge >= 0.3 is 12.0 Å². The summed E-state index contributed by atoms with van der Waals surface area (Å²) in [6.07, 6.45) is 1.30. The van der Waals surface area contributed by atoms with Crippen molar-refractivity contribution >= 4 is 29.7 Å². The monoisotopic (exact) mass is 340 g/mol. The number of hydrogen-bond donors (Lipinski definition) is 2. The molecule has 0 aliphatic heterocycles. The van der Waals surface area contributed by atoms with Crippen molar-refractivity contribution in [1.29, 1.82) is 0 Å². The maximum atomic E-state index is 11.8. The largest absolute Gasteiger partial charge is 0.453 e. The maximum Gasteiger partial charge on any atom is 0.318 e. The smallest absolute Gasteiger partial charge is 0.318 e. The molecule has 9 heteroatoms. The van der Waals surface area contributed by atoms with E-state index in [2.05, 4.69) is 9.97 Å². The normalized spacial score (nSPS) is 11.7. The molecule has 1 atom stereocenters. The molecule has 23 heavy (non-hydrogen) atoms. The van der Waals surface area contributed by atoms with Crippen LogP contribution in [-0.4, -0.2) is 40.2 Å². The molecule has 0 radical (unpaired) electrons. The summed E-state index contributed by atoms with van der Waals surface area (Å²) in [4.78, 5) is 42.5. The van der Waals surface area contributed by atoms with Gasteiger partial charge in [-0.2, -0.15) is 0 Å². The summed E-state index contributed by atoms with van der Waals surface area (Å²) < 4.78 is 4.96. The Balaban J connectivity index is 2.60. The third kappa shape index (κ3) is 5.85. The molecule has 0 aliphatic carbocycles. The second kappa shape index (κ2) is 8.47. The van der Waals surface area contributed by atoms with Gasteiger partial charge in [0.15, 0.2) is 11.3 Å². The molecule has 0 spiro atoms. The van der Waals surface area contributed by atoms with Crippen LogP contribution in [0, 0.1) is 13.8 Å². The van der Waals surface area contributed by atoms with E-state index in [4.69, 9.17) is 10.5 Å². The van der Waals surface area contributed by atoms with Gasteiger partial charge in [-0.05, 0) is 39.0 Å². The molecular weight excluding hydrogens is 320 g/mol. The first-order valence-electron chi connectivity index (χ1n) is 6.92. The Hall–Kier alpha value is -2.16. The lowest BCUT2D eigenvalue weighted by Crippen LogP contribution is -2.42. The minimum absolute atomic E-state index is 0.0812. The highest BCUT2D eigenvalue weighted by atomic mass is 32.2. The zero-order chi connectivity index (χ0) is 17.6. The van der Waals surface area contributed by atoms with Crippen molar-refractivity contribution in [2.24, 2.45) is 5.73 Å². The van der Waals surface area contributed by atoms with Crippen molar-refractivity contribution < 1.29 is 19.1 Å². The number of hydrogen-bond acceptors (Lipinski definition) is 7. The van der Waals surface area contributed by atoms with E-state index in [0.29, 0.717) is 11.6 Å². The zero-order valence-electron chi connectivity index (χ0n) is 13.5. The average Bonchev–Trinajstić information content (AvgIpc) is 2.45. The molecule has 0 aliphatic rings. The quantitative estimate of drug-likeness (QED) is 0.447. The van der Waals surface area contributed by atoms with Gasteiger partial charge in [-0.3, -0.25) is 14.9 Å². The van der Waals surface area contributed by atoms with Crippen LogP contribution in [0.15, 0.2) is 5.16 Å². The first-order valence-corrected chi connectivity index (χ1v) is 8.15. The van der Waals surface area contributed by atoms with Gasteiger partial charge in [-0.1, -0.05) is 11.8 Å². The van der Waals surface area contributed by atoms with E-state index in [0.717, 1.165) is 17.0 Å². The lowest BCUT2D eigenvalue weighted by Gasteiger charge is -2.13. The molecule has 0 unspecified atom stereocenters. The van der Waals surface area contributed by atoms with Crippen LogP contribution in [0.4, 0.5) is 4.79 Å². The zero-order valence-corrected chi connectivity index (χ0v) is 14.3. The van der Waals surface area contributed by atoms with Crippen LogP contribution in [0.1, 0.15) is 30.3 Å². The second-order valence-electron chi connectivity index (χ2n) is 4.85. The fraction of sp³-hybridized carbons (Fsp3) is 0.500. The first kappa shape index (κ1) is 18.9. The Morgan fingerprint density at radius 2 is 1.83 bits per heavy atom. The molecule has 1 aromatic rings. The SMILES string of the molecule is CSc1nc(C)c(CCC(=O)O[C@@H](C)C(=O)NC(N)=O)c(C)n1. The van der Waals surface area contributed by atoms with E-state index in [9.17, 15) is 14.4 Å². The molecule has 1 heterocycles. The summed E-state index contributed by atoms with van der Waals surface area (Å²) in [5, 5.41) is 2.54. The lowest BCUT2D eigenvalue weighted by atomic mass is 10.1. The van der Waals surface area contributed by atoms with Gasteiger partial charge in [-0.25, -0.2) is 14.8 Å². The van der Waals surface area contributed by atoms with Crippen molar-refractivity contribution in [3.05, 3.63) is 17.0 Å². The second-order valence-corrected chi connectivity index (χ2v) is 5.62. The molecule has 0 saturated carbocycles. The Kier molecular flexibility index (Phi) is 6.95. The number of carbonyl (C=O) groups is 3. The standard InChI is InChI=1S/C14H20N4O4S/c1-7-10(8(2)17-14(16-7)23-4)5-6-11(19)22-9(3)12(20)18-13(15)21/h9H,5-6H2,1-4H3,(H3,15,18,20,21)/t9-/m0/s1. The number of nitrogens with zero attached hydrogens (tertiary/aromatic N) is 2. The molecular formula is C14H20N4O4S. The first-order chi connectivity index (χ1) is 10.7. The van der Waals surface area contributed by atoms with Crippen molar-refractivity contribution in [1.82, 2.24) is 15.3 Å². The van der Waals surface area contributed by atoms with Gasteiger partial charge in [0.05, 0.1) is 0 Å². The Labute approximate surface area is 138 Å². The van der Waals surface area contributed by atoms with Gasteiger partial charge in [0, 0.05) is 17.8 Å². The Morgan fingerprint density at radius 3 is 2.30 bits per heavy atom. The summed E-state index contributed by atoms with van der Waals surface area (Å²) in [5.74, 6) is -1.31. The van der Waals surface area contributed by atoms with Crippen LogP contribution < -0.4 is 11.1 Å². The predicted molar refractivity (Wildman–Crippen MR) is 84.9 cm³/mol. The summed E-state index contributed by atoms with van der Waals surface area (Å²) in [5.41, 5.74) is 7.34. The molecule has 1 aromatic heterocycles. The van der Waals surface area contributed by atoms with E-state index in [1.54, 1.807) is 0 Å². The minimum Gasteiger partial charge on any atom is -0.453 e. The number of amides is 3. The number of primary amides is 1. The summed E-state index contributed by atoms with van der Waals surface area (Å²) >= 11 is 1.45. The van der Waals surface area contributed by atoms with Gasteiger partial charge < -0.3 is 10.5 Å². The van der Waals surface area contributed by atoms with Crippen LogP contribution in [0.25, 0.3) is 0 Å². The number of aromatic nitrogens is 2. The van der Waals surface area contributed by atoms with Crippen molar-refractivity contribution in [2.45, 2.75) is 44.9 Å². The van der Waals surface area contributed by atoms with Gasteiger partial charge in [0.25, 0.3) is 5.91 Å². The lowest BCUT2D eigenvalue weighted by molar-refractivity contribution is -0.154. The number of ether oxygens (including phenoxy) is 1. The molecule has 3 N–H and O–H groups in total. The van der Waals surface area contributed by atoms with Crippen LogP contribution in [0.2, 0.25) is 0 Å². The van der Waals surface area contributed by atoms with Crippen LogP contribution in [0.5, 0.6) is 0 Å². The van der Waals surface area contributed by atoms with Crippen molar-refractivity contribution in [2.75, 3.05) is 6.26 Å². The van der Waals surface area contributed by atoms with E-state index in [1.165, 1.54) is 18.7 Å². The maximum absolute atomic E-state index is 11.8. The number of aryl methyl sites for hydroxylation is 2. The van der Waals surface area contributed by atoms with E-state index >= 15 is 0 Å². The summed E-state index contributed by atoms with van der Waals surface area (Å²) in [6.45, 7) is 5.08. The number of carbonyl (C=O) groups excluding carboxylic acids is 3. The highest BCUT2D eigenvalue weighted by Crippen LogP contribution is 2.17. The molecule has 0 aromatic carbocycles. The molecule has 3 amide bonds. The number of nitrogens with one attached hydrogen (secondary N) is 1. The number of urea groups is 1. The van der Waals surface area contributed by atoms with Crippen LogP contribution in [0.3, 0.4) is 0 Å². The third-order valence-electron chi connectivity index (χ3n) is 3.09. The highest BCUT2D eigenvalue weighted by Gasteiger charge is 2.19. The number of nitrogens with two attached hydrogens (primary N) is 1. The number of thioether (sulfide) groups is 1. The van der Waals surface area contributed by atoms with Crippen LogP contribution >= 0.6 is 11.8 Å². The summed E-state index contributed by atoms with van der Waals surface area (Å²) in [7, 11) is 0.